The molecule has 0 bridgehead atoms. The van der Waals surface area contributed by atoms with E-state index in [0.717, 1.165) is 6.26 Å². The van der Waals surface area contributed by atoms with Gasteiger partial charge in [-0.15, -0.1) is 0 Å². The number of carboxylic acids is 1. The van der Waals surface area contributed by atoms with E-state index >= 15 is 0 Å². The highest BCUT2D eigenvalue weighted by atomic mass is 35.5. The number of anilines is 1. The van der Waals surface area contributed by atoms with Gasteiger partial charge in [0.15, 0.2) is 9.84 Å². The van der Waals surface area contributed by atoms with Gasteiger partial charge in [0.2, 0.25) is 0 Å². The number of aliphatic carboxylic acids is 1. The van der Waals surface area contributed by atoms with E-state index in [4.69, 9.17) is 16.7 Å². The van der Waals surface area contributed by atoms with Gasteiger partial charge in [-0.25, -0.2) is 13.2 Å². The maximum Gasteiger partial charge on any atom is 0.319 e. The highest BCUT2D eigenvalue weighted by molar-refractivity contribution is 7.90. The lowest BCUT2D eigenvalue weighted by molar-refractivity contribution is -0.137. The molecule has 3 N–H and O–H groups in total. The van der Waals surface area contributed by atoms with Gasteiger partial charge in [-0.1, -0.05) is 11.6 Å². The number of halogens is 1. The summed E-state index contributed by atoms with van der Waals surface area (Å²) in [5.41, 5.74) is 0.274. The molecule has 0 atom stereocenters. The van der Waals surface area contributed by atoms with E-state index in [1.165, 1.54) is 18.2 Å². The Morgan fingerprint density at radius 2 is 2.00 bits per heavy atom. The summed E-state index contributed by atoms with van der Waals surface area (Å²) in [6.45, 7) is 0.199. The Morgan fingerprint density at radius 1 is 1.33 bits per heavy atom. The fourth-order valence-electron chi connectivity index (χ4n) is 1.48. The van der Waals surface area contributed by atoms with Crippen molar-refractivity contribution in [3.63, 3.8) is 0 Å². The average molecular weight is 335 g/mol. The molecule has 2 amide bonds. The summed E-state index contributed by atoms with van der Waals surface area (Å²) >= 11 is 5.79. The Hall–Kier alpha value is -1.80. The first-order valence-corrected chi connectivity index (χ1v) is 8.23. The van der Waals surface area contributed by atoms with E-state index in [2.05, 4.69) is 10.6 Å². The molecule has 0 saturated heterocycles. The minimum Gasteiger partial charge on any atom is -0.481 e. The van der Waals surface area contributed by atoms with Crippen molar-refractivity contribution < 1.29 is 23.1 Å². The van der Waals surface area contributed by atoms with E-state index in [-0.39, 0.29) is 28.6 Å². The van der Waals surface area contributed by atoms with Crippen molar-refractivity contribution in [3.8, 4) is 0 Å². The van der Waals surface area contributed by atoms with Crippen LogP contribution in [-0.2, 0) is 14.6 Å². The zero-order chi connectivity index (χ0) is 16.0. The first-order chi connectivity index (χ1) is 9.70. The largest absolute Gasteiger partial charge is 0.481 e. The summed E-state index contributed by atoms with van der Waals surface area (Å²) in [6, 6.07) is 3.54. The number of benzene rings is 1. The summed E-state index contributed by atoms with van der Waals surface area (Å²) < 4.78 is 23.0. The molecule has 116 valence electrons. The lowest BCUT2D eigenvalue weighted by atomic mass is 10.3. The predicted molar refractivity (Wildman–Crippen MR) is 78.5 cm³/mol. The molecule has 0 spiro atoms. The average Bonchev–Trinajstić information content (AvgIpc) is 2.35. The van der Waals surface area contributed by atoms with Crippen molar-refractivity contribution in [2.45, 2.75) is 17.7 Å². The van der Waals surface area contributed by atoms with Crippen LogP contribution in [0.15, 0.2) is 23.1 Å². The molecule has 0 fully saturated rings. The third-order valence-corrected chi connectivity index (χ3v) is 4.02. The van der Waals surface area contributed by atoms with Gasteiger partial charge in [-0.05, 0) is 24.6 Å². The molecule has 0 radical (unpaired) electrons. The van der Waals surface area contributed by atoms with Crippen LogP contribution in [0.2, 0.25) is 5.02 Å². The molecular formula is C12H15ClN2O5S. The summed E-state index contributed by atoms with van der Waals surface area (Å²) in [5.74, 6) is -0.937. The Morgan fingerprint density at radius 3 is 2.57 bits per heavy atom. The molecule has 0 aromatic heterocycles. The van der Waals surface area contributed by atoms with Crippen LogP contribution in [0.4, 0.5) is 10.5 Å². The molecule has 1 aromatic rings. The highest BCUT2D eigenvalue weighted by Gasteiger charge is 2.13. The predicted octanol–water partition coefficient (Wildman–Crippen LogP) is 1.73. The number of amides is 2. The van der Waals surface area contributed by atoms with E-state index in [1.807, 2.05) is 0 Å². The fraction of sp³-hybridized carbons (Fsp3) is 0.333. The minimum atomic E-state index is -3.49. The van der Waals surface area contributed by atoms with Crippen LogP contribution in [0.3, 0.4) is 0 Å². The van der Waals surface area contributed by atoms with Crippen molar-refractivity contribution in [2.24, 2.45) is 0 Å². The lowest BCUT2D eigenvalue weighted by Gasteiger charge is -2.09. The molecule has 0 aliphatic heterocycles. The highest BCUT2D eigenvalue weighted by Crippen LogP contribution is 2.24. The van der Waals surface area contributed by atoms with Crippen LogP contribution >= 0.6 is 11.6 Å². The van der Waals surface area contributed by atoms with Crippen molar-refractivity contribution in [1.29, 1.82) is 0 Å². The second-order valence-corrected chi connectivity index (χ2v) is 6.69. The van der Waals surface area contributed by atoms with Crippen molar-refractivity contribution in [1.82, 2.24) is 5.32 Å². The molecule has 1 rings (SSSR count). The molecule has 0 unspecified atom stereocenters. The van der Waals surface area contributed by atoms with Gasteiger partial charge in [0, 0.05) is 24.9 Å². The molecule has 1 aromatic carbocycles. The zero-order valence-corrected chi connectivity index (χ0v) is 12.8. The summed E-state index contributed by atoms with van der Waals surface area (Å²) in [7, 11) is -3.49. The zero-order valence-electron chi connectivity index (χ0n) is 11.2. The van der Waals surface area contributed by atoms with Gasteiger partial charge < -0.3 is 15.7 Å². The summed E-state index contributed by atoms with van der Waals surface area (Å²) in [6.07, 6.45) is 1.28. The smallest absolute Gasteiger partial charge is 0.319 e. The van der Waals surface area contributed by atoms with Gasteiger partial charge in [0.25, 0.3) is 0 Å². The number of nitrogens with one attached hydrogen (secondary N) is 2. The van der Waals surface area contributed by atoms with Crippen LogP contribution in [0.5, 0.6) is 0 Å². The van der Waals surface area contributed by atoms with E-state index in [1.54, 1.807) is 0 Å². The number of hydrogen-bond donors (Lipinski definition) is 3. The Bertz CT molecular complexity index is 645. The van der Waals surface area contributed by atoms with Crippen molar-refractivity contribution >= 4 is 39.1 Å². The van der Waals surface area contributed by atoms with Crippen LogP contribution in [0.25, 0.3) is 0 Å². The first-order valence-electron chi connectivity index (χ1n) is 5.96. The maximum absolute atomic E-state index is 11.6. The number of carbonyl (C=O) groups is 2. The van der Waals surface area contributed by atoms with E-state index < -0.39 is 21.8 Å². The van der Waals surface area contributed by atoms with Crippen molar-refractivity contribution in [3.05, 3.63) is 23.2 Å². The Balaban J connectivity index is 2.63. The SMILES string of the molecule is CS(=O)(=O)c1cc(NC(=O)NCCCC(=O)O)ccc1Cl. The fourth-order valence-corrected chi connectivity index (χ4v) is 2.78. The molecule has 0 aliphatic rings. The van der Waals surface area contributed by atoms with Gasteiger partial charge in [-0.3, -0.25) is 4.79 Å². The number of carbonyl (C=O) groups excluding carboxylic acids is 1. The summed E-state index contributed by atoms with van der Waals surface area (Å²) in [5, 5.41) is 13.4. The van der Waals surface area contributed by atoms with E-state index in [0.29, 0.717) is 6.42 Å². The molecule has 0 aliphatic carbocycles. The van der Waals surface area contributed by atoms with Gasteiger partial charge >= 0.3 is 12.0 Å². The first kappa shape index (κ1) is 17.3. The maximum atomic E-state index is 11.6. The number of sulfone groups is 1. The number of urea groups is 1. The monoisotopic (exact) mass is 334 g/mol. The van der Waals surface area contributed by atoms with Gasteiger partial charge in [0.1, 0.15) is 0 Å². The van der Waals surface area contributed by atoms with E-state index in [9.17, 15) is 18.0 Å². The van der Waals surface area contributed by atoms with Crippen molar-refractivity contribution in [2.75, 3.05) is 18.1 Å². The molecule has 0 heterocycles. The van der Waals surface area contributed by atoms with Crippen LogP contribution in [0.1, 0.15) is 12.8 Å². The minimum absolute atomic E-state index is 0.0422. The molecule has 21 heavy (non-hydrogen) atoms. The number of carboxylic acid groups (broad SMARTS) is 1. The third kappa shape index (κ3) is 6.01. The van der Waals surface area contributed by atoms with Gasteiger partial charge in [-0.2, -0.15) is 0 Å². The second-order valence-electron chi connectivity index (χ2n) is 4.30. The van der Waals surface area contributed by atoms with Crippen LogP contribution in [-0.4, -0.2) is 38.3 Å². The normalized spacial score (nSPS) is 11.0. The molecule has 9 heteroatoms. The second kappa shape index (κ2) is 7.28. The molecular weight excluding hydrogens is 320 g/mol. The number of rotatable bonds is 6. The lowest BCUT2D eigenvalue weighted by Crippen LogP contribution is -2.29. The molecule has 0 saturated carbocycles. The van der Waals surface area contributed by atoms with Gasteiger partial charge in [0.05, 0.1) is 9.92 Å². The summed E-state index contributed by atoms with van der Waals surface area (Å²) in [4.78, 5) is 21.8. The third-order valence-electron chi connectivity index (χ3n) is 2.44. The topological polar surface area (TPSA) is 113 Å². The Kier molecular flexibility index (Phi) is 5.98. The number of hydrogen-bond acceptors (Lipinski definition) is 4. The van der Waals surface area contributed by atoms with Crippen LogP contribution in [0, 0.1) is 0 Å². The standard InChI is InChI=1S/C12H15ClN2O5S/c1-21(19,20)10-7-8(4-5-9(10)13)15-12(18)14-6-2-3-11(16)17/h4-5,7H,2-3,6H2,1H3,(H,16,17)(H2,14,15,18). The Labute approximate surface area is 127 Å². The quantitative estimate of drug-likeness (QED) is 0.686. The molecule has 7 nitrogen and oxygen atoms in total. The van der Waals surface area contributed by atoms with Crippen LogP contribution < -0.4 is 10.6 Å².